The maximum atomic E-state index is 12.3. The van der Waals surface area contributed by atoms with Gasteiger partial charge in [0.15, 0.2) is 0 Å². The molecule has 1 rings (SSSR count). The Morgan fingerprint density at radius 1 is 1.00 bits per heavy atom. The summed E-state index contributed by atoms with van der Waals surface area (Å²) in [6.07, 6.45) is -6.47. The average molecular weight is 438 g/mol. The van der Waals surface area contributed by atoms with Gasteiger partial charge in [0.1, 0.15) is 0 Å². The van der Waals surface area contributed by atoms with Gasteiger partial charge >= 0.3 is 27.5 Å². The third-order valence-electron chi connectivity index (χ3n) is 2.61. The smallest absolute Gasteiger partial charge is 0.258 e. The van der Waals surface area contributed by atoms with Gasteiger partial charge in [-0.15, -0.1) is 0 Å². The summed E-state index contributed by atoms with van der Waals surface area (Å²) >= 11 is 0. The maximum Gasteiger partial charge on any atom is 0.389 e. The highest BCUT2D eigenvalue weighted by molar-refractivity contribution is 8.12. The van der Waals surface area contributed by atoms with E-state index in [1.165, 1.54) is 22.2 Å². The fraction of sp³-hybridized carbons (Fsp3) is 0.273. The molecule has 0 unspecified atom stereocenters. The average Bonchev–Trinajstić information content (AvgIpc) is 2.41. The van der Waals surface area contributed by atoms with Crippen LogP contribution in [-0.4, -0.2) is 35.1 Å². The van der Waals surface area contributed by atoms with Gasteiger partial charge in [-0.05, 0) is 18.1 Å². The summed E-state index contributed by atoms with van der Waals surface area (Å²) in [5.74, 6) is 0. The zero-order chi connectivity index (χ0) is 20.2. The lowest BCUT2D eigenvalue weighted by molar-refractivity contribution is -0.134. The van der Waals surface area contributed by atoms with E-state index in [2.05, 4.69) is 0 Å². The summed E-state index contributed by atoms with van der Waals surface area (Å²) in [6.45, 7) is 0. The first kappa shape index (κ1) is 22.0. The largest absolute Gasteiger partial charge is 0.389 e. The Morgan fingerprint density at radius 3 is 2.08 bits per heavy atom. The molecule has 0 atom stereocenters. The fourth-order valence-corrected chi connectivity index (χ4v) is 3.35. The number of sulfonamides is 1. The summed E-state index contributed by atoms with van der Waals surface area (Å²) < 4.78 is 84.9. The second-order valence-electron chi connectivity index (χ2n) is 4.65. The molecule has 0 radical (unpaired) electrons. The minimum Gasteiger partial charge on any atom is -0.258 e. The lowest BCUT2D eigenvalue weighted by atomic mass is 10.1. The SMILES string of the molecule is O=C(NC(=O)NS(=O)(=O)c1ccccc1CCC(F)(F)F)NS(=O)(=O)Cl. The van der Waals surface area contributed by atoms with Crippen molar-refractivity contribution in [2.75, 3.05) is 0 Å². The molecule has 4 amide bonds. The number of nitrogens with one attached hydrogen (secondary N) is 3. The molecular weight excluding hydrogens is 427 g/mol. The van der Waals surface area contributed by atoms with Crippen LogP contribution in [0.15, 0.2) is 29.2 Å². The van der Waals surface area contributed by atoms with Gasteiger partial charge in [-0.25, -0.2) is 27.5 Å². The van der Waals surface area contributed by atoms with E-state index < -0.39 is 55.2 Å². The van der Waals surface area contributed by atoms with E-state index in [1.54, 1.807) is 0 Å². The Morgan fingerprint density at radius 2 is 1.54 bits per heavy atom. The highest BCUT2D eigenvalue weighted by atomic mass is 35.7. The molecule has 0 bridgehead atoms. The number of urea groups is 2. The standard InChI is InChI=1S/C11H11ClF3N3O6S2/c12-26(23,24)18-10(20)16-9(19)17-25(21,22)8-4-2-1-3-7(8)5-6-11(13,14)15/h1-4H,5-6H2,(H3,16,17,18,19,20). The van der Waals surface area contributed by atoms with Gasteiger partial charge in [-0.3, -0.25) is 5.32 Å². The number of rotatable bonds is 5. The molecule has 1 aromatic carbocycles. The number of aryl methyl sites for hydroxylation is 1. The van der Waals surface area contributed by atoms with Crippen molar-refractivity contribution < 1.29 is 39.6 Å². The molecule has 146 valence electrons. The molecule has 9 nitrogen and oxygen atoms in total. The summed E-state index contributed by atoms with van der Waals surface area (Å²) in [5.41, 5.74) is -0.210. The van der Waals surface area contributed by atoms with Crippen molar-refractivity contribution >= 4 is 42.0 Å². The summed E-state index contributed by atoms with van der Waals surface area (Å²) in [7, 11) is -4.47. The van der Waals surface area contributed by atoms with Gasteiger partial charge in [-0.2, -0.15) is 21.6 Å². The Balaban J connectivity index is 2.91. The lowest BCUT2D eigenvalue weighted by Gasteiger charge is -2.12. The van der Waals surface area contributed by atoms with Crippen molar-refractivity contribution in [3.8, 4) is 0 Å². The van der Waals surface area contributed by atoms with Gasteiger partial charge < -0.3 is 0 Å². The second kappa shape index (κ2) is 8.09. The number of benzene rings is 1. The molecule has 0 fully saturated rings. The predicted octanol–water partition coefficient (Wildman–Crippen LogP) is 1.36. The molecule has 3 N–H and O–H groups in total. The summed E-state index contributed by atoms with van der Waals surface area (Å²) in [5, 5.41) is 1.32. The Labute approximate surface area is 150 Å². The molecule has 0 saturated carbocycles. The molecule has 0 aliphatic heterocycles. The Kier molecular flexibility index (Phi) is 6.84. The van der Waals surface area contributed by atoms with E-state index in [-0.39, 0.29) is 5.56 Å². The van der Waals surface area contributed by atoms with Gasteiger partial charge in [0.05, 0.1) is 4.90 Å². The third-order valence-corrected chi connectivity index (χ3v) is 4.70. The number of hydrogen-bond acceptors (Lipinski definition) is 6. The van der Waals surface area contributed by atoms with Crippen molar-refractivity contribution in [3.05, 3.63) is 29.8 Å². The highest BCUT2D eigenvalue weighted by Gasteiger charge is 2.29. The molecule has 0 spiro atoms. The third kappa shape index (κ3) is 7.88. The molecule has 0 saturated heterocycles. The van der Waals surface area contributed by atoms with Crippen LogP contribution in [0.2, 0.25) is 0 Å². The molecule has 0 aromatic heterocycles. The zero-order valence-corrected chi connectivity index (χ0v) is 14.9. The maximum absolute atomic E-state index is 12.3. The molecule has 15 heteroatoms. The van der Waals surface area contributed by atoms with E-state index in [0.717, 1.165) is 16.9 Å². The summed E-state index contributed by atoms with van der Waals surface area (Å²) in [4.78, 5) is 22.0. The number of imide groups is 1. The topological polar surface area (TPSA) is 139 Å². The van der Waals surface area contributed by atoms with Crippen molar-refractivity contribution in [2.45, 2.75) is 23.9 Å². The first-order chi connectivity index (χ1) is 11.7. The first-order valence-electron chi connectivity index (χ1n) is 6.44. The number of carbonyl (C=O) groups is 2. The second-order valence-corrected chi connectivity index (χ2v) is 8.60. The van der Waals surface area contributed by atoms with Crippen LogP contribution in [0.3, 0.4) is 0 Å². The monoisotopic (exact) mass is 437 g/mol. The number of carbonyl (C=O) groups excluding carboxylic acids is 2. The predicted molar refractivity (Wildman–Crippen MR) is 83.0 cm³/mol. The van der Waals surface area contributed by atoms with Crippen molar-refractivity contribution in [2.24, 2.45) is 0 Å². The molecule has 1 aromatic rings. The Hall–Kier alpha value is -2.06. The van der Waals surface area contributed by atoms with Crippen LogP contribution in [0, 0.1) is 0 Å². The molecule has 26 heavy (non-hydrogen) atoms. The minimum absolute atomic E-state index is 0.210. The van der Waals surface area contributed by atoms with Crippen LogP contribution in [0.1, 0.15) is 12.0 Å². The highest BCUT2D eigenvalue weighted by Crippen LogP contribution is 2.24. The zero-order valence-electron chi connectivity index (χ0n) is 12.5. The number of hydrogen-bond donors (Lipinski definition) is 3. The summed E-state index contributed by atoms with van der Waals surface area (Å²) in [6, 6.07) is 1.33. The number of halogens is 4. The molecule has 0 aliphatic carbocycles. The van der Waals surface area contributed by atoms with Crippen LogP contribution in [0.5, 0.6) is 0 Å². The molecule has 0 aliphatic rings. The van der Waals surface area contributed by atoms with Gasteiger partial charge in [0.2, 0.25) is 0 Å². The van der Waals surface area contributed by atoms with Crippen LogP contribution in [-0.2, 0) is 25.7 Å². The Bertz CT molecular complexity index is 902. The fourth-order valence-electron chi connectivity index (χ4n) is 1.69. The number of alkyl halides is 3. The molecule has 0 heterocycles. The van der Waals surface area contributed by atoms with Crippen LogP contribution < -0.4 is 14.8 Å². The van der Waals surface area contributed by atoms with Gasteiger partial charge in [0, 0.05) is 17.1 Å². The van der Waals surface area contributed by atoms with E-state index in [1.807, 2.05) is 0 Å². The van der Waals surface area contributed by atoms with E-state index >= 15 is 0 Å². The quantitative estimate of drug-likeness (QED) is 0.594. The normalized spacial score (nSPS) is 12.3. The van der Waals surface area contributed by atoms with Crippen LogP contribution >= 0.6 is 10.7 Å². The number of amides is 4. The minimum atomic E-state index is -4.64. The van der Waals surface area contributed by atoms with Gasteiger partial charge in [-0.1, -0.05) is 18.2 Å². The van der Waals surface area contributed by atoms with Crippen molar-refractivity contribution in [1.29, 1.82) is 0 Å². The lowest BCUT2D eigenvalue weighted by Crippen LogP contribution is -2.47. The van der Waals surface area contributed by atoms with Crippen molar-refractivity contribution in [3.63, 3.8) is 0 Å². The van der Waals surface area contributed by atoms with Crippen LogP contribution in [0.4, 0.5) is 22.8 Å². The molecular formula is C11H11ClF3N3O6S2. The van der Waals surface area contributed by atoms with E-state index in [0.29, 0.717) is 0 Å². The van der Waals surface area contributed by atoms with E-state index in [9.17, 15) is 39.6 Å². The van der Waals surface area contributed by atoms with Crippen LogP contribution in [0.25, 0.3) is 0 Å². The van der Waals surface area contributed by atoms with Gasteiger partial charge in [0.25, 0.3) is 10.0 Å². The van der Waals surface area contributed by atoms with Crippen molar-refractivity contribution in [1.82, 2.24) is 14.8 Å². The first-order valence-corrected chi connectivity index (χ1v) is 10.2. The van der Waals surface area contributed by atoms with E-state index in [4.69, 9.17) is 10.7 Å².